The molecule has 144 valence electrons. The molecular formula is C19H26N6O2. The minimum atomic E-state index is -0.362. The van der Waals surface area contributed by atoms with E-state index in [0.29, 0.717) is 6.04 Å². The molecule has 1 unspecified atom stereocenters. The van der Waals surface area contributed by atoms with Gasteiger partial charge in [0.05, 0.1) is 4.92 Å². The van der Waals surface area contributed by atoms with Crippen LogP contribution >= 0.6 is 0 Å². The number of benzene rings is 1. The summed E-state index contributed by atoms with van der Waals surface area (Å²) in [5.41, 5.74) is 1.23. The SMILES string of the molecule is CN(C)c1cc(N(C)C2CCCN(Cc3ccc([N+](=O)[O-])cc3)C2)ncn1. The molecule has 27 heavy (non-hydrogen) atoms. The Bertz CT molecular complexity index is 780. The number of hydrogen-bond acceptors (Lipinski definition) is 7. The van der Waals surface area contributed by atoms with Gasteiger partial charge in [-0.2, -0.15) is 0 Å². The first kappa shape index (κ1) is 19.0. The lowest BCUT2D eigenvalue weighted by atomic mass is 10.0. The van der Waals surface area contributed by atoms with Gasteiger partial charge in [0.1, 0.15) is 18.0 Å². The van der Waals surface area contributed by atoms with E-state index in [-0.39, 0.29) is 10.6 Å². The number of aromatic nitrogens is 2. The smallest absolute Gasteiger partial charge is 0.269 e. The maximum absolute atomic E-state index is 10.8. The number of nitro groups is 1. The second-order valence-corrected chi connectivity index (χ2v) is 7.19. The molecule has 1 saturated heterocycles. The molecule has 1 atom stereocenters. The fourth-order valence-electron chi connectivity index (χ4n) is 3.43. The first-order valence-corrected chi connectivity index (χ1v) is 9.12. The van der Waals surface area contributed by atoms with Crippen LogP contribution in [0.15, 0.2) is 36.7 Å². The van der Waals surface area contributed by atoms with Gasteiger partial charge < -0.3 is 9.80 Å². The van der Waals surface area contributed by atoms with E-state index in [1.54, 1.807) is 18.5 Å². The second-order valence-electron chi connectivity index (χ2n) is 7.19. The quantitative estimate of drug-likeness (QED) is 0.571. The van der Waals surface area contributed by atoms with Crippen molar-refractivity contribution in [2.24, 2.45) is 0 Å². The van der Waals surface area contributed by atoms with Crippen molar-refractivity contribution in [3.05, 3.63) is 52.3 Å². The van der Waals surface area contributed by atoms with Gasteiger partial charge in [-0.1, -0.05) is 12.1 Å². The first-order chi connectivity index (χ1) is 12.9. The van der Waals surface area contributed by atoms with Crippen LogP contribution in [0.25, 0.3) is 0 Å². The van der Waals surface area contributed by atoms with Crippen LogP contribution in [0.2, 0.25) is 0 Å². The fraction of sp³-hybridized carbons (Fsp3) is 0.474. The average molecular weight is 370 g/mol. The number of nitrogens with zero attached hydrogens (tertiary/aromatic N) is 6. The standard InChI is InChI=1S/C19H26N6O2/c1-22(2)18-11-19(21-14-20-18)23(3)17-5-4-10-24(13-17)12-15-6-8-16(9-7-15)25(26)27/h6-9,11,14,17H,4-5,10,12-13H2,1-3H3. The molecule has 1 fully saturated rings. The average Bonchev–Trinajstić information content (AvgIpc) is 2.68. The number of piperidine rings is 1. The Hall–Kier alpha value is -2.74. The van der Waals surface area contributed by atoms with Crippen LogP contribution in [-0.4, -0.2) is 60.1 Å². The predicted octanol–water partition coefficient (Wildman–Crippen LogP) is 2.55. The van der Waals surface area contributed by atoms with Crippen LogP contribution in [0.4, 0.5) is 17.3 Å². The van der Waals surface area contributed by atoms with Crippen molar-refractivity contribution < 1.29 is 4.92 Å². The normalized spacial score (nSPS) is 17.5. The highest BCUT2D eigenvalue weighted by Gasteiger charge is 2.24. The highest BCUT2D eigenvalue weighted by atomic mass is 16.6. The van der Waals surface area contributed by atoms with Gasteiger partial charge in [-0.15, -0.1) is 0 Å². The Morgan fingerprint density at radius 3 is 2.56 bits per heavy atom. The van der Waals surface area contributed by atoms with E-state index >= 15 is 0 Å². The molecule has 3 rings (SSSR count). The molecule has 0 amide bonds. The van der Waals surface area contributed by atoms with Crippen molar-refractivity contribution in [1.82, 2.24) is 14.9 Å². The topological polar surface area (TPSA) is 78.6 Å². The van der Waals surface area contributed by atoms with Crippen molar-refractivity contribution in [3.63, 3.8) is 0 Å². The van der Waals surface area contributed by atoms with Gasteiger partial charge in [0, 0.05) is 58.5 Å². The lowest BCUT2D eigenvalue weighted by Gasteiger charge is -2.38. The Labute approximate surface area is 159 Å². The maximum atomic E-state index is 10.8. The van der Waals surface area contributed by atoms with Gasteiger partial charge in [-0.3, -0.25) is 15.0 Å². The predicted molar refractivity (Wildman–Crippen MR) is 106 cm³/mol. The van der Waals surface area contributed by atoms with Crippen molar-refractivity contribution >= 4 is 17.3 Å². The minimum absolute atomic E-state index is 0.135. The van der Waals surface area contributed by atoms with E-state index in [0.717, 1.165) is 49.7 Å². The van der Waals surface area contributed by atoms with Crippen molar-refractivity contribution in [1.29, 1.82) is 0 Å². The Kier molecular flexibility index (Phi) is 5.85. The van der Waals surface area contributed by atoms with E-state index in [1.807, 2.05) is 37.2 Å². The summed E-state index contributed by atoms with van der Waals surface area (Å²) in [6.07, 6.45) is 3.85. The summed E-state index contributed by atoms with van der Waals surface area (Å²) in [5, 5.41) is 10.8. The molecule has 1 aromatic carbocycles. The van der Waals surface area contributed by atoms with E-state index < -0.39 is 0 Å². The highest BCUT2D eigenvalue weighted by Crippen LogP contribution is 2.23. The third kappa shape index (κ3) is 4.71. The van der Waals surface area contributed by atoms with Crippen LogP contribution in [0.3, 0.4) is 0 Å². The molecule has 2 aromatic rings. The monoisotopic (exact) mass is 370 g/mol. The lowest BCUT2D eigenvalue weighted by molar-refractivity contribution is -0.384. The zero-order valence-corrected chi connectivity index (χ0v) is 16.1. The molecule has 0 saturated carbocycles. The fourth-order valence-corrected chi connectivity index (χ4v) is 3.43. The third-order valence-corrected chi connectivity index (χ3v) is 5.04. The zero-order chi connectivity index (χ0) is 19.4. The Balaban J connectivity index is 1.65. The van der Waals surface area contributed by atoms with Crippen LogP contribution in [0.1, 0.15) is 18.4 Å². The van der Waals surface area contributed by atoms with Crippen LogP contribution in [0, 0.1) is 10.1 Å². The molecule has 1 aromatic heterocycles. The molecule has 1 aliphatic heterocycles. The number of nitro benzene ring substituents is 1. The van der Waals surface area contributed by atoms with Gasteiger partial charge in [0.15, 0.2) is 0 Å². The molecule has 8 nitrogen and oxygen atoms in total. The number of rotatable bonds is 6. The third-order valence-electron chi connectivity index (χ3n) is 5.04. The number of anilines is 2. The van der Waals surface area contributed by atoms with Crippen LogP contribution in [0.5, 0.6) is 0 Å². The summed E-state index contributed by atoms with van der Waals surface area (Å²) in [6, 6.07) is 9.23. The highest BCUT2D eigenvalue weighted by molar-refractivity contribution is 5.49. The summed E-state index contributed by atoms with van der Waals surface area (Å²) >= 11 is 0. The van der Waals surface area contributed by atoms with E-state index in [2.05, 4.69) is 26.8 Å². The van der Waals surface area contributed by atoms with Gasteiger partial charge in [-0.05, 0) is 24.9 Å². The second kappa shape index (κ2) is 8.30. The molecule has 1 aliphatic rings. The number of non-ortho nitro benzene ring substituents is 1. The largest absolute Gasteiger partial charge is 0.363 e. The molecular weight excluding hydrogens is 344 g/mol. The van der Waals surface area contributed by atoms with Gasteiger partial charge in [-0.25, -0.2) is 9.97 Å². The molecule has 0 radical (unpaired) electrons. The van der Waals surface area contributed by atoms with Crippen LogP contribution in [-0.2, 0) is 6.54 Å². The van der Waals surface area contributed by atoms with Crippen molar-refractivity contribution in [3.8, 4) is 0 Å². The lowest BCUT2D eigenvalue weighted by Crippen LogP contribution is -2.46. The zero-order valence-electron chi connectivity index (χ0n) is 16.1. The molecule has 0 N–H and O–H groups in total. The number of hydrogen-bond donors (Lipinski definition) is 0. The summed E-state index contributed by atoms with van der Waals surface area (Å²) in [5.74, 6) is 1.82. The molecule has 2 heterocycles. The number of likely N-dealkylation sites (N-methyl/N-ethyl adjacent to an activating group) is 1. The van der Waals surface area contributed by atoms with Crippen LogP contribution < -0.4 is 9.80 Å². The maximum Gasteiger partial charge on any atom is 0.269 e. The Morgan fingerprint density at radius 1 is 1.19 bits per heavy atom. The summed E-state index contributed by atoms with van der Waals surface area (Å²) in [4.78, 5) is 25.8. The van der Waals surface area contributed by atoms with E-state index in [9.17, 15) is 10.1 Å². The Morgan fingerprint density at radius 2 is 1.89 bits per heavy atom. The summed E-state index contributed by atoms with van der Waals surface area (Å²) < 4.78 is 0. The molecule has 0 aliphatic carbocycles. The van der Waals surface area contributed by atoms with Gasteiger partial charge in [0.2, 0.25) is 0 Å². The minimum Gasteiger partial charge on any atom is -0.363 e. The molecule has 8 heteroatoms. The first-order valence-electron chi connectivity index (χ1n) is 9.12. The molecule has 0 bridgehead atoms. The van der Waals surface area contributed by atoms with E-state index in [1.165, 1.54) is 0 Å². The van der Waals surface area contributed by atoms with E-state index in [4.69, 9.17) is 0 Å². The summed E-state index contributed by atoms with van der Waals surface area (Å²) in [7, 11) is 6.03. The van der Waals surface area contributed by atoms with Crippen molar-refractivity contribution in [2.45, 2.75) is 25.4 Å². The van der Waals surface area contributed by atoms with Crippen molar-refractivity contribution in [2.75, 3.05) is 44.0 Å². The number of likely N-dealkylation sites (tertiary alicyclic amines) is 1. The van der Waals surface area contributed by atoms with Gasteiger partial charge >= 0.3 is 0 Å². The molecule has 0 spiro atoms. The van der Waals surface area contributed by atoms with Gasteiger partial charge in [0.25, 0.3) is 5.69 Å². The summed E-state index contributed by atoms with van der Waals surface area (Å²) in [6.45, 7) is 2.78.